The SMILES string of the molecule is CCN(CCO)C1CCCNC1.Cl. The topological polar surface area (TPSA) is 35.5 Å². The molecule has 80 valence electrons. The number of nitrogens with zero attached hydrogens (tertiary/aromatic N) is 1. The van der Waals surface area contributed by atoms with Crippen molar-refractivity contribution >= 4 is 12.4 Å². The van der Waals surface area contributed by atoms with Gasteiger partial charge in [-0.1, -0.05) is 6.92 Å². The van der Waals surface area contributed by atoms with Crippen molar-refractivity contribution in [3.63, 3.8) is 0 Å². The van der Waals surface area contributed by atoms with Gasteiger partial charge in [0, 0.05) is 19.1 Å². The summed E-state index contributed by atoms with van der Waals surface area (Å²) in [6.45, 7) is 6.56. The largest absolute Gasteiger partial charge is 0.395 e. The van der Waals surface area contributed by atoms with E-state index in [0.717, 1.165) is 26.2 Å². The van der Waals surface area contributed by atoms with E-state index in [1.54, 1.807) is 0 Å². The molecule has 0 aromatic carbocycles. The van der Waals surface area contributed by atoms with E-state index in [2.05, 4.69) is 17.1 Å². The third kappa shape index (κ3) is 4.27. The molecule has 0 aliphatic carbocycles. The first-order chi connectivity index (χ1) is 5.88. The predicted octanol–water partition coefficient (Wildman–Crippen LogP) is 0.474. The third-order valence-corrected chi connectivity index (χ3v) is 2.58. The summed E-state index contributed by atoms with van der Waals surface area (Å²) < 4.78 is 0. The number of likely N-dealkylation sites (N-methyl/N-ethyl adjacent to an activating group) is 1. The average molecular weight is 209 g/mol. The number of hydrogen-bond donors (Lipinski definition) is 2. The van der Waals surface area contributed by atoms with Crippen LogP contribution in [0, 0.1) is 0 Å². The van der Waals surface area contributed by atoms with Crippen LogP contribution in [0.5, 0.6) is 0 Å². The Labute approximate surface area is 86.9 Å². The van der Waals surface area contributed by atoms with Crippen LogP contribution in [0.2, 0.25) is 0 Å². The molecule has 1 atom stereocenters. The summed E-state index contributed by atoms with van der Waals surface area (Å²) in [5.74, 6) is 0. The van der Waals surface area contributed by atoms with Crippen molar-refractivity contribution < 1.29 is 5.11 Å². The number of nitrogens with one attached hydrogen (secondary N) is 1. The average Bonchev–Trinajstić information content (AvgIpc) is 2.15. The molecule has 1 saturated heterocycles. The van der Waals surface area contributed by atoms with Gasteiger partial charge in [-0.25, -0.2) is 0 Å². The van der Waals surface area contributed by atoms with Crippen molar-refractivity contribution in [3.8, 4) is 0 Å². The fourth-order valence-corrected chi connectivity index (χ4v) is 1.87. The van der Waals surface area contributed by atoms with Crippen LogP contribution in [-0.2, 0) is 0 Å². The molecule has 1 aliphatic rings. The maximum Gasteiger partial charge on any atom is 0.0558 e. The fraction of sp³-hybridized carbons (Fsp3) is 1.00. The highest BCUT2D eigenvalue weighted by molar-refractivity contribution is 5.85. The van der Waals surface area contributed by atoms with E-state index in [4.69, 9.17) is 5.11 Å². The highest BCUT2D eigenvalue weighted by atomic mass is 35.5. The fourth-order valence-electron chi connectivity index (χ4n) is 1.87. The second kappa shape index (κ2) is 7.56. The van der Waals surface area contributed by atoms with Gasteiger partial charge in [0.25, 0.3) is 0 Å². The van der Waals surface area contributed by atoms with E-state index in [9.17, 15) is 0 Å². The first-order valence-electron chi connectivity index (χ1n) is 4.94. The second-order valence-corrected chi connectivity index (χ2v) is 3.35. The van der Waals surface area contributed by atoms with Crippen molar-refractivity contribution in [3.05, 3.63) is 0 Å². The predicted molar refractivity (Wildman–Crippen MR) is 57.5 cm³/mol. The molecule has 0 spiro atoms. The molecule has 4 heteroatoms. The van der Waals surface area contributed by atoms with Crippen LogP contribution in [0.15, 0.2) is 0 Å². The molecule has 1 fully saturated rings. The first-order valence-corrected chi connectivity index (χ1v) is 4.94. The maximum absolute atomic E-state index is 8.84. The second-order valence-electron chi connectivity index (χ2n) is 3.35. The quantitative estimate of drug-likeness (QED) is 0.706. The van der Waals surface area contributed by atoms with Gasteiger partial charge in [0.1, 0.15) is 0 Å². The number of rotatable bonds is 4. The molecule has 1 heterocycles. The van der Waals surface area contributed by atoms with E-state index in [1.165, 1.54) is 12.8 Å². The number of piperidine rings is 1. The lowest BCUT2D eigenvalue weighted by Gasteiger charge is -2.33. The van der Waals surface area contributed by atoms with Gasteiger partial charge in [0.2, 0.25) is 0 Å². The summed E-state index contributed by atoms with van der Waals surface area (Å²) in [7, 11) is 0. The third-order valence-electron chi connectivity index (χ3n) is 2.58. The minimum atomic E-state index is 0. The van der Waals surface area contributed by atoms with Crippen molar-refractivity contribution in [2.45, 2.75) is 25.8 Å². The Kier molecular flexibility index (Phi) is 7.66. The Morgan fingerprint density at radius 1 is 1.54 bits per heavy atom. The number of aliphatic hydroxyl groups excluding tert-OH is 1. The van der Waals surface area contributed by atoms with Gasteiger partial charge in [-0.15, -0.1) is 12.4 Å². The van der Waals surface area contributed by atoms with E-state index in [-0.39, 0.29) is 19.0 Å². The Bertz CT molecular complexity index is 115. The van der Waals surface area contributed by atoms with Gasteiger partial charge in [0.15, 0.2) is 0 Å². The molecule has 0 amide bonds. The Morgan fingerprint density at radius 2 is 2.31 bits per heavy atom. The molecule has 0 radical (unpaired) electrons. The van der Waals surface area contributed by atoms with Crippen molar-refractivity contribution in [2.24, 2.45) is 0 Å². The Balaban J connectivity index is 0.00000144. The summed E-state index contributed by atoms with van der Waals surface area (Å²) in [6, 6.07) is 0.649. The van der Waals surface area contributed by atoms with Crippen LogP contribution < -0.4 is 5.32 Å². The van der Waals surface area contributed by atoms with Crippen LogP contribution in [0.25, 0.3) is 0 Å². The van der Waals surface area contributed by atoms with Crippen molar-refractivity contribution in [2.75, 3.05) is 32.8 Å². The molecule has 13 heavy (non-hydrogen) atoms. The lowest BCUT2D eigenvalue weighted by Crippen LogP contribution is -2.46. The Morgan fingerprint density at radius 3 is 2.77 bits per heavy atom. The number of halogens is 1. The van der Waals surface area contributed by atoms with E-state index in [1.807, 2.05) is 0 Å². The molecule has 0 aromatic rings. The van der Waals surface area contributed by atoms with Crippen molar-refractivity contribution in [1.82, 2.24) is 10.2 Å². The molecule has 1 unspecified atom stereocenters. The monoisotopic (exact) mass is 208 g/mol. The summed E-state index contributed by atoms with van der Waals surface area (Å²) in [6.07, 6.45) is 2.55. The van der Waals surface area contributed by atoms with E-state index >= 15 is 0 Å². The maximum atomic E-state index is 8.84. The minimum absolute atomic E-state index is 0. The summed E-state index contributed by atoms with van der Waals surface area (Å²) in [5.41, 5.74) is 0. The van der Waals surface area contributed by atoms with Gasteiger partial charge in [-0.2, -0.15) is 0 Å². The lowest BCUT2D eigenvalue weighted by molar-refractivity contribution is 0.137. The van der Waals surface area contributed by atoms with Crippen LogP contribution in [0.3, 0.4) is 0 Å². The molecule has 1 rings (SSSR count). The molecule has 0 saturated carbocycles. The van der Waals surface area contributed by atoms with Crippen LogP contribution in [-0.4, -0.2) is 48.8 Å². The van der Waals surface area contributed by atoms with E-state index in [0.29, 0.717) is 6.04 Å². The zero-order valence-electron chi connectivity index (χ0n) is 8.33. The van der Waals surface area contributed by atoms with E-state index < -0.39 is 0 Å². The van der Waals surface area contributed by atoms with Gasteiger partial charge in [-0.3, -0.25) is 4.90 Å². The zero-order valence-corrected chi connectivity index (χ0v) is 9.15. The number of aliphatic hydroxyl groups is 1. The molecular formula is C9H21ClN2O. The molecular weight excluding hydrogens is 188 g/mol. The van der Waals surface area contributed by atoms with Gasteiger partial charge in [-0.05, 0) is 25.9 Å². The van der Waals surface area contributed by atoms with Crippen molar-refractivity contribution in [1.29, 1.82) is 0 Å². The van der Waals surface area contributed by atoms with Crippen LogP contribution >= 0.6 is 12.4 Å². The first kappa shape index (κ1) is 13.2. The summed E-state index contributed by atoms with van der Waals surface area (Å²) in [4.78, 5) is 2.35. The smallest absolute Gasteiger partial charge is 0.0558 e. The molecule has 1 aliphatic heterocycles. The molecule has 0 aromatic heterocycles. The van der Waals surface area contributed by atoms with Gasteiger partial charge >= 0.3 is 0 Å². The lowest BCUT2D eigenvalue weighted by atomic mass is 10.1. The normalized spacial score (nSPS) is 22.8. The minimum Gasteiger partial charge on any atom is -0.395 e. The Hall–Kier alpha value is 0.170. The standard InChI is InChI=1S/C9H20N2O.ClH/c1-2-11(6-7-12)9-4-3-5-10-8-9;/h9-10,12H,2-8H2,1H3;1H. The van der Waals surface area contributed by atoms with Gasteiger partial charge in [0.05, 0.1) is 6.61 Å². The number of hydrogen-bond acceptors (Lipinski definition) is 3. The molecule has 2 N–H and O–H groups in total. The highest BCUT2D eigenvalue weighted by Crippen LogP contribution is 2.09. The molecule has 0 bridgehead atoms. The van der Waals surface area contributed by atoms with Crippen LogP contribution in [0.1, 0.15) is 19.8 Å². The summed E-state index contributed by atoms with van der Waals surface area (Å²) >= 11 is 0. The zero-order chi connectivity index (χ0) is 8.81. The molecule has 3 nitrogen and oxygen atoms in total. The van der Waals surface area contributed by atoms with Gasteiger partial charge < -0.3 is 10.4 Å². The van der Waals surface area contributed by atoms with Crippen LogP contribution in [0.4, 0.5) is 0 Å². The highest BCUT2D eigenvalue weighted by Gasteiger charge is 2.18. The summed E-state index contributed by atoms with van der Waals surface area (Å²) in [5, 5.41) is 12.2.